The van der Waals surface area contributed by atoms with Gasteiger partial charge in [-0.3, -0.25) is 0 Å². The summed E-state index contributed by atoms with van der Waals surface area (Å²) in [4.78, 5) is 0. The van der Waals surface area contributed by atoms with Gasteiger partial charge in [-0.25, -0.2) is 0 Å². The molecule has 0 saturated carbocycles. The summed E-state index contributed by atoms with van der Waals surface area (Å²) in [6.45, 7) is 11.1. The first-order valence-electron chi connectivity index (χ1n) is 5.71. The minimum Gasteiger partial charge on any atom is -0.0841 e. The topological polar surface area (TPSA) is 0 Å². The van der Waals surface area contributed by atoms with Crippen LogP contribution in [0.2, 0.25) is 0 Å². The molecule has 0 heterocycles. The summed E-state index contributed by atoms with van der Waals surface area (Å²) in [5, 5.41) is 0. The summed E-state index contributed by atoms with van der Waals surface area (Å²) in [6, 6.07) is 0. The Hall–Kier alpha value is -1.04. The second-order valence-electron chi connectivity index (χ2n) is 4.81. The minimum atomic E-state index is 0.187. The van der Waals surface area contributed by atoms with Gasteiger partial charge >= 0.3 is 0 Å². The van der Waals surface area contributed by atoms with E-state index in [-0.39, 0.29) is 5.41 Å². The Balaban J connectivity index is 2.99. The Kier molecular flexibility index (Phi) is 3.73. The molecule has 0 heteroatoms. The van der Waals surface area contributed by atoms with Gasteiger partial charge in [0.25, 0.3) is 0 Å². The molecule has 0 bridgehead atoms. The van der Waals surface area contributed by atoms with Crippen LogP contribution in [0, 0.1) is 11.3 Å². The molecule has 15 heavy (non-hydrogen) atoms. The van der Waals surface area contributed by atoms with Crippen LogP contribution in [0.25, 0.3) is 0 Å². The summed E-state index contributed by atoms with van der Waals surface area (Å²) in [5.74, 6) is 0.628. The number of rotatable bonds is 2. The summed E-state index contributed by atoms with van der Waals surface area (Å²) in [5.41, 5.74) is 2.84. The molecule has 0 N–H and O–H groups in total. The van der Waals surface area contributed by atoms with Gasteiger partial charge in [-0.15, -0.1) is 0 Å². The fourth-order valence-corrected chi connectivity index (χ4v) is 1.55. The molecule has 0 aromatic heterocycles. The van der Waals surface area contributed by atoms with Crippen molar-refractivity contribution in [2.24, 2.45) is 11.3 Å². The maximum Gasteiger partial charge on any atom is 0.00620 e. The third kappa shape index (κ3) is 2.71. The molecule has 0 nitrogen and oxygen atoms in total. The Morgan fingerprint density at radius 1 is 1.33 bits per heavy atom. The van der Waals surface area contributed by atoms with E-state index in [2.05, 4.69) is 71.1 Å². The van der Waals surface area contributed by atoms with Gasteiger partial charge in [0.05, 0.1) is 0 Å². The fourth-order valence-electron chi connectivity index (χ4n) is 1.55. The van der Waals surface area contributed by atoms with Gasteiger partial charge in [0.1, 0.15) is 0 Å². The van der Waals surface area contributed by atoms with Gasteiger partial charge in [-0.05, 0) is 30.9 Å². The van der Waals surface area contributed by atoms with E-state index in [0.717, 1.165) is 0 Å². The van der Waals surface area contributed by atoms with E-state index >= 15 is 0 Å². The van der Waals surface area contributed by atoms with Crippen LogP contribution in [0.3, 0.4) is 0 Å². The van der Waals surface area contributed by atoms with Gasteiger partial charge in [0, 0.05) is 5.41 Å². The van der Waals surface area contributed by atoms with Crippen molar-refractivity contribution in [1.29, 1.82) is 0 Å². The van der Waals surface area contributed by atoms with E-state index in [1.54, 1.807) is 0 Å². The van der Waals surface area contributed by atoms with E-state index in [9.17, 15) is 0 Å². The van der Waals surface area contributed by atoms with Crippen molar-refractivity contribution in [3.63, 3.8) is 0 Å². The zero-order chi connectivity index (χ0) is 11.5. The maximum absolute atomic E-state index is 2.32. The summed E-state index contributed by atoms with van der Waals surface area (Å²) in [6.07, 6.45) is 13.4. The Morgan fingerprint density at radius 2 is 2.00 bits per heavy atom. The number of allylic oxidation sites excluding steroid dienone is 8. The molecular formula is C15H22. The van der Waals surface area contributed by atoms with Crippen LogP contribution >= 0.6 is 0 Å². The normalized spacial score (nSPS) is 26.8. The molecule has 82 valence electrons. The quantitative estimate of drug-likeness (QED) is 0.610. The first-order chi connectivity index (χ1) is 6.99. The molecule has 0 amide bonds. The fraction of sp³-hybridized carbons (Fsp3) is 0.467. The Bertz CT molecular complexity index is 337. The highest BCUT2D eigenvalue weighted by molar-refractivity contribution is 5.43. The first kappa shape index (κ1) is 12.0. The lowest BCUT2D eigenvalue weighted by Crippen LogP contribution is -2.17. The molecule has 0 fully saturated rings. The van der Waals surface area contributed by atoms with Crippen molar-refractivity contribution in [2.45, 2.75) is 34.6 Å². The van der Waals surface area contributed by atoms with E-state index in [1.165, 1.54) is 11.1 Å². The van der Waals surface area contributed by atoms with Crippen LogP contribution in [0.1, 0.15) is 34.6 Å². The van der Waals surface area contributed by atoms with Gasteiger partial charge in [-0.2, -0.15) is 0 Å². The van der Waals surface area contributed by atoms with Crippen molar-refractivity contribution in [3.05, 3.63) is 47.6 Å². The van der Waals surface area contributed by atoms with Gasteiger partial charge in [-0.1, -0.05) is 57.2 Å². The second kappa shape index (κ2) is 4.65. The van der Waals surface area contributed by atoms with E-state index < -0.39 is 0 Å². The lowest BCUT2D eigenvalue weighted by molar-refractivity contribution is 0.383. The van der Waals surface area contributed by atoms with Gasteiger partial charge in [0.15, 0.2) is 0 Å². The Labute approximate surface area is 94.1 Å². The summed E-state index contributed by atoms with van der Waals surface area (Å²) < 4.78 is 0. The molecule has 1 aliphatic carbocycles. The predicted molar refractivity (Wildman–Crippen MR) is 68.7 cm³/mol. The average Bonchev–Trinajstić information content (AvgIpc) is 2.40. The molecule has 0 radical (unpaired) electrons. The number of hydrogen-bond donors (Lipinski definition) is 0. The van der Waals surface area contributed by atoms with Crippen LogP contribution in [-0.2, 0) is 0 Å². The molecule has 0 aliphatic heterocycles. The van der Waals surface area contributed by atoms with Crippen molar-refractivity contribution >= 4 is 0 Å². The SMILES string of the molecule is C/C=C(/C)C1=CC=CC(C)(C(C)C)C=C1. The molecular weight excluding hydrogens is 180 g/mol. The summed E-state index contributed by atoms with van der Waals surface area (Å²) >= 11 is 0. The third-order valence-electron chi connectivity index (χ3n) is 3.49. The van der Waals surface area contributed by atoms with Crippen LogP contribution in [0.5, 0.6) is 0 Å². The van der Waals surface area contributed by atoms with Crippen molar-refractivity contribution in [1.82, 2.24) is 0 Å². The van der Waals surface area contributed by atoms with Crippen LogP contribution in [0.15, 0.2) is 47.6 Å². The largest absolute Gasteiger partial charge is 0.0841 e. The standard InChI is InChI=1S/C15H22/c1-6-13(4)14-8-7-10-15(5,11-9-14)12(2)3/h6-12H,1-5H3/b13-6-. The minimum absolute atomic E-state index is 0.187. The maximum atomic E-state index is 2.32. The number of hydrogen-bond acceptors (Lipinski definition) is 0. The zero-order valence-electron chi connectivity index (χ0n) is 10.5. The van der Waals surface area contributed by atoms with Gasteiger partial charge < -0.3 is 0 Å². The lowest BCUT2D eigenvalue weighted by Gasteiger charge is -2.26. The molecule has 1 aliphatic rings. The van der Waals surface area contributed by atoms with E-state index in [1.807, 2.05) is 0 Å². The van der Waals surface area contributed by atoms with Gasteiger partial charge in [0.2, 0.25) is 0 Å². The molecule has 1 atom stereocenters. The Morgan fingerprint density at radius 3 is 2.53 bits per heavy atom. The highest BCUT2D eigenvalue weighted by Gasteiger charge is 2.22. The molecule has 1 rings (SSSR count). The lowest BCUT2D eigenvalue weighted by atomic mass is 9.79. The third-order valence-corrected chi connectivity index (χ3v) is 3.49. The second-order valence-corrected chi connectivity index (χ2v) is 4.81. The van der Waals surface area contributed by atoms with E-state index in [4.69, 9.17) is 0 Å². The molecule has 0 saturated heterocycles. The molecule has 1 unspecified atom stereocenters. The van der Waals surface area contributed by atoms with Crippen LogP contribution < -0.4 is 0 Å². The summed E-state index contributed by atoms with van der Waals surface area (Å²) in [7, 11) is 0. The van der Waals surface area contributed by atoms with Crippen molar-refractivity contribution < 1.29 is 0 Å². The molecule has 0 aromatic carbocycles. The van der Waals surface area contributed by atoms with Crippen molar-refractivity contribution in [3.8, 4) is 0 Å². The molecule has 0 spiro atoms. The van der Waals surface area contributed by atoms with E-state index in [0.29, 0.717) is 5.92 Å². The molecule has 0 aromatic rings. The average molecular weight is 202 g/mol. The van der Waals surface area contributed by atoms with Crippen LogP contribution in [0.4, 0.5) is 0 Å². The highest BCUT2D eigenvalue weighted by atomic mass is 14.3. The first-order valence-corrected chi connectivity index (χ1v) is 5.71. The smallest absolute Gasteiger partial charge is 0.00620 e. The van der Waals surface area contributed by atoms with Crippen molar-refractivity contribution in [2.75, 3.05) is 0 Å². The van der Waals surface area contributed by atoms with Crippen LogP contribution in [-0.4, -0.2) is 0 Å². The monoisotopic (exact) mass is 202 g/mol. The highest BCUT2D eigenvalue weighted by Crippen LogP contribution is 2.33. The predicted octanol–water partition coefficient (Wildman–Crippen LogP) is 4.67. The zero-order valence-corrected chi connectivity index (χ0v) is 10.5.